The molecular formula is C9H11NO2. The predicted octanol–water partition coefficient (Wildman–Crippen LogP) is 1.11. The Bertz CT molecular complexity index is 268. The molecule has 0 fully saturated rings. The SMILES string of the molecule is O=C(O)C1CN=C2C=CCCC21. The normalized spacial score (nSPS) is 32.8. The number of fused-ring (bicyclic) bond motifs is 1. The summed E-state index contributed by atoms with van der Waals surface area (Å²) >= 11 is 0. The van der Waals surface area contributed by atoms with Gasteiger partial charge in [0.05, 0.1) is 12.5 Å². The average Bonchev–Trinajstić information content (AvgIpc) is 2.47. The molecule has 0 aromatic heterocycles. The molecule has 1 aliphatic heterocycles. The predicted molar refractivity (Wildman–Crippen MR) is 45.3 cm³/mol. The lowest BCUT2D eigenvalue weighted by Crippen LogP contribution is -2.26. The molecule has 64 valence electrons. The van der Waals surface area contributed by atoms with Crippen LogP contribution in [0.2, 0.25) is 0 Å². The molecule has 2 atom stereocenters. The van der Waals surface area contributed by atoms with Crippen LogP contribution in [0.1, 0.15) is 12.8 Å². The largest absolute Gasteiger partial charge is 0.481 e. The van der Waals surface area contributed by atoms with Gasteiger partial charge in [0.15, 0.2) is 0 Å². The zero-order valence-corrected chi connectivity index (χ0v) is 6.73. The van der Waals surface area contributed by atoms with E-state index in [1.165, 1.54) is 0 Å². The number of hydrogen-bond donors (Lipinski definition) is 1. The lowest BCUT2D eigenvalue weighted by Gasteiger charge is -2.18. The van der Waals surface area contributed by atoms with Crippen molar-refractivity contribution in [2.45, 2.75) is 12.8 Å². The Balaban J connectivity index is 2.19. The van der Waals surface area contributed by atoms with Crippen molar-refractivity contribution >= 4 is 11.7 Å². The van der Waals surface area contributed by atoms with Crippen LogP contribution < -0.4 is 0 Å². The minimum atomic E-state index is -0.700. The van der Waals surface area contributed by atoms with E-state index >= 15 is 0 Å². The number of rotatable bonds is 1. The first-order chi connectivity index (χ1) is 5.79. The van der Waals surface area contributed by atoms with Crippen LogP contribution in [0, 0.1) is 11.8 Å². The van der Waals surface area contributed by atoms with Gasteiger partial charge in [0.1, 0.15) is 0 Å². The van der Waals surface area contributed by atoms with Gasteiger partial charge in [0.2, 0.25) is 0 Å². The maximum Gasteiger partial charge on any atom is 0.309 e. The molecule has 0 amide bonds. The van der Waals surface area contributed by atoms with Crippen LogP contribution in [0.4, 0.5) is 0 Å². The van der Waals surface area contributed by atoms with Crippen molar-refractivity contribution in [1.82, 2.24) is 0 Å². The fraction of sp³-hybridized carbons (Fsp3) is 0.556. The summed E-state index contributed by atoms with van der Waals surface area (Å²) in [6, 6.07) is 0. The van der Waals surface area contributed by atoms with Gasteiger partial charge in [-0.1, -0.05) is 6.08 Å². The molecule has 0 bridgehead atoms. The summed E-state index contributed by atoms with van der Waals surface area (Å²) in [6.07, 6.45) is 5.98. The molecule has 0 radical (unpaired) electrons. The van der Waals surface area contributed by atoms with Gasteiger partial charge in [-0.3, -0.25) is 9.79 Å². The number of aliphatic imine (C=N–C) groups is 1. The summed E-state index contributed by atoms with van der Waals surface area (Å²) in [5, 5.41) is 8.85. The Kier molecular flexibility index (Phi) is 1.71. The first kappa shape index (κ1) is 7.53. The van der Waals surface area contributed by atoms with Gasteiger partial charge in [-0.05, 0) is 18.9 Å². The number of hydrogen-bond acceptors (Lipinski definition) is 2. The number of allylic oxidation sites excluding steroid dienone is 2. The molecular weight excluding hydrogens is 154 g/mol. The van der Waals surface area contributed by atoms with Crippen LogP contribution in [0.15, 0.2) is 17.1 Å². The van der Waals surface area contributed by atoms with E-state index in [-0.39, 0.29) is 11.8 Å². The first-order valence-corrected chi connectivity index (χ1v) is 4.23. The van der Waals surface area contributed by atoms with Crippen LogP contribution in [0.25, 0.3) is 0 Å². The molecule has 3 nitrogen and oxygen atoms in total. The maximum atomic E-state index is 10.8. The van der Waals surface area contributed by atoms with E-state index in [2.05, 4.69) is 11.1 Å². The quantitative estimate of drug-likeness (QED) is 0.632. The lowest BCUT2D eigenvalue weighted by atomic mass is 9.84. The van der Waals surface area contributed by atoms with E-state index in [0.29, 0.717) is 6.54 Å². The molecule has 0 saturated carbocycles. The molecule has 2 rings (SSSR count). The van der Waals surface area contributed by atoms with Gasteiger partial charge in [0, 0.05) is 11.6 Å². The highest BCUT2D eigenvalue weighted by molar-refractivity contribution is 6.01. The van der Waals surface area contributed by atoms with Crippen LogP contribution in [-0.4, -0.2) is 23.3 Å². The molecule has 0 saturated heterocycles. The third-order valence-electron chi connectivity index (χ3n) is 2.59. The van der Waals surface area contributed by atoms with Crippen LogP contribution >= 0.6 is 0 Å². The maximum absolute atomic E-state index is 10.8. The summed E-state index contributed by atoms with van der Waals surface area (Å²) < 4.78 is 0. The molecule has 0 spiro atoms. The minimum absolute atomic E-state index is 0.187. The van der Waals surface area contributed by atoms with Crippen molar-refractivity contribution in [3.05, 3.63) is 12.2 Å². The van der Waals surface area contributed by atoms with Crippen molar-refractivity contribution in [3.63, 3.8) is 0 Å². The molecule has 1 heterocycles. The molecule has 2 aliphatic rings. The first-order valence-electron chi connectivity index (χ1n) is 4.23. The molecule has 3 heteroatoms. The Morgan fingerprint density at radius 3 is 3.25 bits per heavy atom. The fourth-order valence-electron chi connectivity index (χ4n) is 1.91. The molecule has 2 unspecified atom stereocenters. The van der Waals surface area contributed by atoms with Crippen molar-refractivity contribution in [2.24, 2.45) is 16.8 Å². The summed E-state index contributed by atoms with van der Waals surface area (Å²) in [6.45, 7) is 0.472. The van der Waals surface area contributed by atoms with Crippen molar-refractivity contribution in [3.8, 4) is 0 Å². The van der Waals surface area contributed by atoms with Gasteiger partial charge < -0.3 is 5.11 Å². The Morgan fingerprint density at radius 2 is 2.50 bits per heavy atom. The number of carbonyl (C=O) groups is 1. The third-order valence-corrected chi connectivity index (χ3v) is 2.59. The summed E-state index contributed by atoms with van der Waals surface area (Å²) in [7, 11) is 0. The lowest BCUT2D eigenvalue weighted by molar-refractivity contribution is -0.142. The molecule has 0 aromatic carbocycles. The van der Waals surface area contributed by atoms with E-state index in [1.807, 2.05) is 6.08 Å². The molecule has 0 aromatic rings. The summed E-state index contributed by atoms with van der Waals surface area (Å²) in [5.74, 6) is -0.772. The summed E-state index contributed by atoms with van der Waals surface area (Å²) in [4.78, 5) is 15.0. The van der Waals surface area contributed by atoms with Crippen molar-refractivity contribution in [1.29, 1.82) is 0 Å². The number of carboxylic acids is 1. The Hall–Kier alpha value is -1.12. The summed E-state index contributed by atoms with van der Waals surface area (Å²) in [5.41, 5.74) is 0.994. The van der Waals surface area contributed by atoms with Gasteiger partial charge >= 0.3 is 5.97 Å². The van der Waals surface area contributed by atoms with Gasteiger partial charge in [-0.2, -0.15) is 0 Å². The average molecular weight is 165 g/mol. The molecule has 12 heavy (non-hydrogen) atoms. The zero-order valence-electron chi connectivity index (χ0n) is 6.73. The second-order valence-electron chi connectivity index (χ2n) is 3.30. The van der Waals surface area contributed by atoms with Crippen LogP contribution in [0.5, 0.6) is 0 Å². The van der Waals surface area contributed by atoms with Crippen molar-refractivity contribution < 1.29 is 9.90 Å². The Morgan fingerprint density at radius 1 is 1.67 bits per heavy atom. The van der Waals surface area contributed by atoms with E-state index in [9.17, 15) is 4.79 Å². The van der Waals surface area contributed by atoms with Gasteiger partial charge in [0.25, 0.3) is 0 Å². The number of aliphatic carboxylic acids is 1. The molecule has 1 N–H and O–H groups in total. The number of nitrogens with zero attached hydrogens (tertiary/aromatic N) is 1. The van der Waals surface area contributed by atoms with E-state index < -0.39 is 5.97 Å². The zero-order chi connectivity index (χ0) is 8.55. The smallest absolute Gasteiger partial charge is 0.309 e. The van der Waals surface area contributed by atoms with Gasteiger partial charge in [-0.25, -0.2) is 0 Å². The van der Waals surface area contributed by atoms with Crippen LogP contribution in [0.3, 0.4) is 0 Å². The van der Waals surface area contributed by atoms with Crippen LogP contribution in [-0.2, 0) is 4.79 Å². The topological polar surface area (TPSA) is 49.7 Å². The second-order valence-corrected chi connectivity index (χ2v) is 3.30. The molecule has 1 aliphatic carbocycles. The third kappa shape index (κ3) is 1.05. The monoisotopic (exact) mass is 165 g/mol. The fourth-order valence-corrected chi connectivity index (χ4v) is 1.91. The highest BCUT2D eigenvalue weighted by Gasteiger charge is 2.35. The van der Waals surface area contributed by atoms with Gasteiger partial charge in [-0.15, -0.1) is 0 Å². The van der Waals surface area contributed by atoms with E-state index in [1.54, 1.807) is 0 Å². The highest BCUT2D eigenvalue weighted by Crippen LogP contribution is 2.29. The highest BCUT2D eigenvalue weighted by atomic mass is 16.4. The Labute approximate surface area is 70.8 Å². The number of carboxylic acid groups (broad SMARTS) is 1. The second kappa shape index (κ2) is 2.73. The standard InChI is InChI=1S/C9H11NO2/c11-9(12)7-5-10-8-4-2-1-3-6(7)8/h2,4,6-7H,1,3,5H2,(H,11,12). The minimum Gasteiger partial charge on any atom is -0.481 e. The van der Waals surface area contributed by atoms with E-state index in [0.717, 1.165) is 18.6 Å². The van der Waals surface area contributed by atoms with Crippen molar-refractivity contribution in [2.75, 3.05) is 6.54 Å². The van der Waals surface area contributed by atoms with E-state index in [4.69, 9.17) is 5.11 Å².